The van der Waals surface area contributed by atoms with Crippen molar-refractivity contribution >= 4 is 128 Å². The van der Waals surface area contributed by atoms with Gasteiger partial charge in [0.2, 0.25) is 35.4 Å². The Hall–Kier alpha value is -8.79. The van der Waals surface area contributed by atoms with Gasteiger partial charge in [0, 0.05) is 53.5 Å². The van der Waals surface area contributed by atoms with Crippen LogP contribution in [-0.4, -0.2) is 219 Å². The Labute approximate surface area is 509 Å². The number of nitrogens with two attached hydrogens (primary N) is 5. The molecule has 4 rings (SSSR count). The normalized spacial score (nSPS) is 13.3. The van der Waals surface area contributed by atoms with Crippen LogP contribution < -0.4 is 60.6 Å². The Morgan fingerprint density at radius 1 is 0.477 bits per heavy atom. The van der Waals surface area contributed by atoms with Gasteiger partial charge in [-0.25, -0.2) is 0 Å². The van der Waals surface area contributed by atoms with Crippen LogP contribution in [0.1, 0.15) is 49.7 Å². The molecule has 6 unspecified atom stereocenters. The third kappa shape index (κ3) is 19.6. The summed E-state index contributed by atoms with van der Waals surface area (Å²) < 4.78 is 0. The number of aromatic nitrogens is 2. The molecule has 0 spiro atoms. The Morgan fingerprint density at radius 2 is 0.830 bits per heavy atom. The quantitative estimate of drug-likeness (QED) is 0.0150. The number of fused-ring (bicyclic) bond motifs is 2. The van der Waals surface area contributed by atoms with Gasteiger partial charge in [-0.05, 0) is 56.3 Å². The molecule has 28 N–H and O–H groups in total. The molecule has 482 valence electrons. The van der Waals surface area contributed by atoms with Gasteiger partial charge in [0.05, 0.1) is 37.0 Å². The lowest BCUT2D eigenvalue weighted by atomic mass is 9.98. The minimum Gasteiger partial charge on any atom is -0.504 e. The summed E-state index contributed by atoms with van der Waals surface area (Å²) >= 11 is 1.84. The van der Waals surface area contributed by atoms with E-state index in [2.05, 4.69) is 41.9 Å². The van der Waals surface area contributed by atoms with Crippen LogP contribution in [0.5, 0.6) is 23.0 Å². The second kappa shape index (κ2) is 33.4. The molecule has 0 saturated carbocycles. The molecule has 2 heterocycles. The molecule has 0 fully saturated rings. The van der Waals surface area contributed by atoms with E-state index in [0.29, 0.717) is 40.8 Å². The number of carboxylic acids is 6. The third-order valence-electron chi connectivity index (χ3n) is 12.8. The highest BCUT2D eigenvalue weighted by Crippen LogP contribution is 2.55. The number of rotatable bonds is 38. The van der Waals surface area contributed by atoms with Crippen LogP contribution in [0.4, 0.5) is 0 Å². The molecule has 0 radical (unpaired) electrons. The maximum atomic E-state index is 13.6. The van der Waals surface area contributed by atoms with E-state index < -0.39 is 200 Å². The molecule has 88 heavy (non-hydrogen) atoms. The first-order valence-electron chi connectivity index (χ1n) is 26.2. The molecule has 0 aliphatic rings. The fraction of sp³-hybridized carbons (Fsp3) is 0.440. The van der Waals surface area contributed by atoms with E-state index >= 15 is 0 Å². The molecule has 0 aliphatic carbocycles. The first-order chi connectivity index (χ1) is 41.4. The Kier molecular flexibility index (Phi) is 27.2. The number of aliphatic carboxylic acids is 6. The highest BCUT2D eigenvalue weighted by molar-refractivity contribution is 8.00. The Balaban J connectivity index is 2.05. The fourth-order valence-corrected chi connectivity index (χ4v) is 11.8. The smallest absolute Gasteiger partial charge is 0.322 e. The molecule has 6 atom stereocenters. The first-order valence-corrected chi connectivity index (χ1v) is 29.2. The van der Waals surface area contributed by atoms with Gasteiger partial charge in [0.15, 0.2) is 23.0 Å². The van der Waals surface area contributed by atoms with Gasteiger partial charge in [-0.2, -0.15) is 0 Å². The summed E-state index contributed by atoms with van der Waals surface area (Å²) in [6.45, 7) is -3.07. The molecule has 2 aromatic carbocycles. The number of H-pyrrole nitrogens is 2. The van der Waals surface area contributed by atoms with E-state index in [0.717, 1.165) is 0 Å². The van der Waals surface area contributed by atoms with Gasteiger partial charge in [-0.1, -0.05) is 0 Å². The van der Waals surface area contributed by atoms with E-state index in [1.54, 1.807) is 0 Å². The number of carbonyl (C=O) groups excluding carboxylic acids is 6. The molecule has 0 aliphatic heterocycles. The number of hydrogen-bond donors (Lipinski definition) is 23. The summed E-state index contributed by atoms with van der Waals surface area (Å²) in [6.07, 6.45) is -1.47. The summed E-state index contributed by atoms with van der Waals surface area (Å²) in [5.74, 6) is -20.1. The lowest BCUT2D eigenvalue weighted by Gasteiger charge is -2.21. The van der Waals surface area contributed by atoms with Crippen molar-refractivity contribution in [1.82, 2.24) is 41.9 Å². The Bertz CT molecular complexity index is 3320. The standard InChI is InChI=1S/C50H67N13O22S3/c51-9-7-18-11-56-36-32(18)42(86-15-23(45(77)57-12-29(67)68)60-26(64)4-1-20(53)48(80)81)39(74)38(73)34(36)35-19(8-10-52)33-37(63-35)44(88-17-25(47(79)59-14-31(71)72)62-28(66)6-3-22(55)50(84)85)41(76)40(75)43(33)87-16-24(46(78)58-13-30(69)70)61-27(65)5-2-21(54)49(82)83/h11,20-25,56,63,73-76H,1-10,12-17,51-55H2,(H,57,77)(H,58,78)(H,59,79)(H,60,64)(H,61,65)(H,62,66)(H,67,68)(H,69,70)(H,71,72)(H,80,81)(H,82,83)(H,84,85). The fourth-order valence-electron chi connectivity index (χ4n) is 8.36. The minimum atomic E-state index is -1.68. The topological polar surface area (TPSA) is 641 Å². The molecular formula is C50H67N13O22S3. The number of hydrogen-bond acceptors (Lipinski definition) is 24. The zero-order valence-corrected chi connectivity index (χ0v) is 48.8. The van der Waals surface area contributed by atoms with Gasteiger partial charge in [0.1, 0.15) is 55.9 Å². The van der Waals surface area contributed by atoms with Crippen LogP contribution in [0, 0.1) is 0 Å². The minimum absolute atomic E-state index is 0.0162. The number of nitrogens with one attached hydrogen (secondary N) is 8. The van der Waals surface area contributed by atoms with E-state index in [1.807, 2.05) is 0 Å². The Morgan fingerprint density at radius 3 is 1.19 bits per heavy atom. The van der Waals surface area contributed by atoms with Crippen LogP contribution in [0.2, 0.25) is 0 Å². The zero-order valence-electron chi connectivity index (χ0n) is 46.3. The van der Waals surface area contributed by atoms with Gasteiger partial charge in [-0.3, -0.25) is 57.5 Å². The SMILES string of the molecule is NCCc1c[nH]c2c(-c3[nH]c4c(SCC(NC(=O)CCC(N)C(=O)O)C(=O)NCC(=O)O)c(O)c(O)c(SCC(NC(=O)CCC(N)C(=O)O)C(=O)NCC(=O)O)c4c3CCN)c(O)c(O)c(SCC(NC(=O)CCC(N)C(=O)O)C(=O)NCC(=O)O)c12. The molecule has 0 saturated heterocycles. The second-order valence-corrected chi connectivity index (χ2v) is 22.3. The molecular weight excluding hydrogens is 1230 g/mol. The van der Waals surface area contributed by atoms with Crippen LogP contribution >= 0.6 is 35.3 Å². The van der Waals surface area contributed by atoms with Crippen LogP contribution in [-0.2, 0) is 70.4 Å². The van der Waals surface area contributed by atoms with Crippen molar-refractivity contribution in [2.75, 3.05) is 50.0 Å². The number of benzene rings is 2. The number of phenolic OH excluding ortho intramolecular Hbond substituents is 4. The number of carboxylic acid groups (broad SMARTS) is 6. The monoisotopic (exact) mass is 1300 g/mol. The van der Waals surface area contributed by atoms with Crippen LogP contribution in [0.15, 0.2) is 20.9 Å². The third-order valence-corrected chi connectivity index (χ3v) is 16.3. The number of phenols is 4. The second-order valence-electron chi connectivity index (χ2n) is 19.2. The molecule has 35 nitrogen and oxygen atoms in total. The summed E-state index contributed by atoms with van der Waals surface area (Å²) in [5, 5.41) is 118. The summed E-state index contributed by atoms with van der Waals surface area (Å²) in [5.41, 5.74) is 28.9. The number of carbonyl (C=O) groups is 12. The van der Waals surface area contributed by atoms with Crippen molar-refractivity contribution in [3.63, 3.8) is 0 Å². The first kappa shape index (κ1) is 71.7. The summed E-state index contributed by atoms with van der Waals surface area (Å²) in [6, 6.07) is -9.41. The lowest BCUT2D eigenvalue weighted by Crippen LogP contribution is -2.49. The highest BCUT2D eigenvalue weighted by Gasteiger charge is 2.34. The zero-order chi connectivity index (χ0) is 65.9. The lowest BCUT2D eigenvalue weighted by molar-refractivity contribution is -0.140. The van der Waals surface area contributed by atoms with E-state index in [1.165, 1.54) is 6.20 Å². The van der Waals surface area contributed by atoms with Crippen molar-refractivity contribution in [1.29, 1.82) is 0 Å². The van der Waals surface area contributed by atoms with Crippen molar-refractivity contribution in [2.45, 2.75) is 102 Å². The number of amides is 6. The summed E-state index contributed by atoms with van der Waals surface area (Å²) in [4.78, 5) is 154. The highest BCUT2D eigenvalue weighted by atomic mass is 32.2. The van der Waals surface area contributed by atoms with Gasteiger partial charge in [0.25, 0.3) is 0 Å². The number of aromatic hydroxyl groups is 4. The predicted molar refractivity (Wildman–Crippen MR) is 312 cm³/mol. The van der Waals surface area contributed by atoms with Crippen molar-refractivity contribution in [2.24, 2.45) is 28.7 Å². The summed E-state index contributed by atoms with van der Waals surface area (Å²) in [7, 11) is 0. The molecule has 38 heteroatoms. The van der Waals surface area contributed by atoms with Gasteiger partial charge >= 0.3 is 35.8 Å². The molecule has 2 aromatic heterocycles. The average molecular weight is 1300 g/mol. The van der Waals surface area contributed by atoms with E-state index in [9.17, 15) is 109 Å². The molecule has 0 bridgehead atoms. The maximum absolute atomic E-state index is 13.6. The maximum Gasteiger partial charge on any atom is 0.322 e. The van der Waals surface area contributed by atoms with Crippen molar-refractivity contribution in [3.05, 3.63) is 17.3 Å². The molecule has 6 amide bonds. The van der Waals surface area contributed by atoms with Gasteiger partial charge in [-0.15, -0.1) is 35.3 Å². The van der Waals surface area contributed by atoms with Crippen LogP contribution in [0.3, 0.4) is 0 Å². The van der Waals surface area contributed by atoms with E-state index in [-0.39, 0.29) is 85.7 Å². The number of aromatic amines is 2. The van der Waals surface area contributed by atoms with Gasteiger partial charge < -0.3 is 122 Å². The molecule has 4 aromatic rings. The predicted octanol–water partition coefficient (Wildman–Crippen LogP) is -3.95. The van der Waals surface area contributed by atoms with E-state index in [4.69, 9.17) is 28.7 Å². The van der Waals surface area contributed by atoms with Crippen LogP contribution in [0.25, 0.3) is 33.1 Å². The van der Waals surface area contributed by atoms with Crippen molar-refractivity contribution in [3.8, 4) is 34.3 Å². The number of thioether (sulfide) groups is 3. The largest absolute Gasteiger partial charge is 0.504 e. The average Bonchev–Trinajstić information content (AvgIpc) is 1.56. The van der Waals surface area contributed by atoms with Crippen molar-refractivity contribution < 1.29 is 109 Å².